The fraction of sp³-hybridized carbons (Fsp3) is 0.417. The van der Waals surface area contributed by atoms with Crippen LogP contribution < -0.4 is 5.69 Å². The van der Waals surface area contributed by atoms with E-state index in [9.17, 15) is 9.18 Å². The van der Waals surface area contributed by atoms with Gasteiger partial charge in [-0.15, -0.1) is 0 Å². The molecule has 0 spiro atoms. The second kappa shape index (κ2) is 6.68. The molecule has 0 saturated carbocycles. The Hall–Kier alpha value is -1.98. The maximum absolute atomic E-state index is 13.6. The molecule has 0 aromatic carbocycles. The number of unbranched alkanes of at least 4 members (excludes halogenated alkanes) is 1. The van der Waals surface area contributed by atoms with Gasteiger partial charge >= 0.3 is 5.69 Å². The molecule has 5 nitrogen and oxygen atoms in total. The minimum atomic E-state index is -0.631. The molecule has 98 valence electrons. The third-order valence-electron chi connectivity index (χ3n) is 2.02. The van der Waals surface area contributed by atoms with Gasteiger partial charge in [-0.05, 0) is 6.42 Å². The molecule has 0 bridgehead atoms. The number of hydrogen-bond donors (Lipinski definition) is 0. The maximum Gasteiger partial charge on any atom is 0.353 e. The summed E-state index contributed by atoms with van der Waals surface area (Å²) in [5.41, 5.74) is -0.547. The molecule has 0 aliphatic rings. The van der Waals surface area contributed by atoms with Gasteiger partial charge < -0.3 is 4.90 Å². The Kier molecular flexibility index (Phi) is 5.23. The zero-order valence-corrected chi connectivity index (χ0v) is 10.8. The van der Waals surface area contributed by atoms with Crippen molar-refractivity contribution in [2.45, 2.75) is 19.8 Å². The van der Waals surface area contributed by atoms with E-state index in [1.165, 1.54) is 12.5 Å². The van der Waals surface area contributed by atoms with Crippen LogP contribution in [0.2, 0.25) is 0 Å². The van der Waals surface area contributed by atoms with E-state index in [2.05, 4.69) is 9.98 Å². The lowest BCUT2D eigenvalue weighted by Gasteiger charge is -2.03. The Labute approximate surface area is 105 Å². The molecule has 0 N–H and O–H groups in total. The van der Waals surface area contributed by atoms with Crippen molar-refractivity contribution in [3.8, 4) is 0 Å². The Morgan fingerprint density at radius 3 is 2.89 bits per heavy atom. The predicted octanol–water partition coefficient (Wildman–Crippen LogP) is 1.87. The van der Waals surface area contributed by atoms with Crippen LogP contribution in [-0.2, 0) is 0 Å². The van der Waals surface area contributed by atoms with Gasteiger partial charge in [0, 0.05) is 20.3 Å². The summed E-state index contributed by atoms with van der Waals surface area (Å²) in [6.45, 7) is 2.02. The smallest absolute Gasteiger partial charge is 0.353 e. The molecule has 1 aromatic rings. The summed E-state index contributed by atoms with van der Waals surface area (Å²) in [5.74, 6) is -0.831. The molecular formula is C12H17FN4O. The zero-order chi connectivity index (χ0) is 13.5. The van der Waals surface area contributed by atoms with Crippen LogP contribution in [0.5, 0.6) is 0 Å². The van der Waals surface area contributed by atoms with E-state index in [0.717, 1.165) is 23.6 Å². The second-order valence-corrected chi connectivity index (χ2v) is 3.98. The lowest BCUT2D eigenvalue weighted by atomic mass is 10.3. The monoisotopic (exact) mass is 252 g/mol. The van der Waals surface area contributed by atoms with Crippen LogP contribution in [0.25, 0.3) is 6.20 Å². The summed E-state index contributed by atoms with van der Waals surface area (Å²) in [6.07, 6.45) is 7.58. The van der Waals surface area contributed by atoms with Crippen LogP contribution in [0.1, 0.15) is 19.8 Å². The van der Waals surface area contributed by atoms with Gasteiger partial charge in [-0.25, -0.2) is 14.2 Å². The van der Waals surface area contributed by atoms with Gasteiger partial charge in [-0.2, -0.15) is 4.98 Å². The van der Waals surface area contributed by atoms with Crippen LogP contribution in [0.15, 0.2) is 22.1 Å². The average Bonchev–Trinajstić information content (AvgIpc) is 2.31. The molecule has 6 heteroatoms. The van der Waals surface area contributed by atoms with Gasteiger partial charge in [0.1, 0.15) is 0 Å². The molecule has 1 aromatic heterocycles. The van der Waals surface area contributed by atoms with Crippen molar-refractivity contribution in [2.24, 2.45) is 4.99 Å². The van der Waals surface area contributed by atoms with Crippen LogP contribution in [-0.4, -0.2) is 34.9 Å². The Balaban J connectivity index is 3.01. The number of allylic oxidation sites excluding steroid dienone is 1. The van der Waals surface area contributed by atoms with Gasteiger partial charge in [-0.3, -0.25) is 4.57 Å². The standard InChI is InChI=1S/C12H17FN4O/c1-4-5-6-7-17-8-10(13)11(15-12(17)18)14-9-16(2)3/h6-9H,4-5H2,1-3H3. The lowest BCUT2D eigenvalue weighted by Crippen LogP contribution is -2.19. The first kappa shape index (κ1) is 14.1. The number of aromatic nitrogens is 2. The number of rotatable bonds is 5. The quantitative estimate of drug-likeness (QED) is 0.594. The van der Waals surface area contributed by atoms with Crippen LogP contribution in [0, 0.1) is 5.82 Å². The van der Waals surface area contributed by atoms with Gasteiger partial charge in [0.15, 0.2) is 11.6 Å². The van der Waals surface area contributed by atoms with E-state index in [0.29, 0.717) is 0 Å². The van der Waals surface area contributed by atoms with Crippen molar-refractivity contribution in [2.75, 3.05) is 14.1 Å². The SMILES string of the molecule is CCCC=Cn1cc(F)c(N=CN(C)C)nc1=O. The third-order valence-corrected chi connectivity index (χ3v) is 2.02. The third kappa shape index (κ3) is 4.12. The molecule has 0 aliphatic carbocycles. The van der Waals surface area contributed by atoms with E-state index in [4.69, 9.17) is 0 Å². The molecule has 0 amide bonds. The first-order valence-corrected chi connectivity index (χ1v) is 5.70. The van der Waals surface area contributed by atoms with E-state index in [-0.39, 0.29) is 5.82 Å². The average molecular weight is 252 g/mol. The van der Waals surface area contributed by atoms with Crippen molar-refractivity contribution in [1.82, 2.24) is 14.5 Å². The number of nitrogens with zero attached hydrogens (tertiary/aromatic N) is 4. The first-order chi connectivity index (χ1) is 8.54. The Morgan fingerprint density at radius 2 is 2.28 bits per heavy atom. The Morgan fingerprint density at radius 1 is 1.56 bits per heavy atom. The number of aliphatic imine (C=N–C) groups is 1. The highest BCUT2D eigenvalue weighted by Crippen LogP contribution is 2.10. The normalized spacial score (nSPS) is 11.6. The van der Waals surface area contributed by atoms with E-state index >= 15 is 0 Å². The van der Waals surface area contributed by atoms with E-state index in [1.807, 2.05) is 6.92 Å². The van der Waals surface area contributed by atoms with Crippen molar-refractivity contribution < 1.29 is 4.39 Å². The minimum absolute atomic E-state index is 0.200. The summed E-state index contributed by atoms with van der Waals surface area (Å²) in [4.78, 5) is 20.6. The highest BCUT2D eigenvalue weighted by molar-refractivity contribution is 5.58. The van der Waals surface area contributed by atoms with Crippen LogP contribution in [0.3, 0.4) is 0 Å². The van der Waals surface area contributed by atoms with E-state index in [1.54, 1.807) is 25.1 Å². The summed E-state index contributed by atoms with van der Waals surface area (Å²) in [6, 6.07) is 0. The number of hydrogen-bond acceptors (Lipinski definition) is 3. The molecule has 1 rings (SSSR count). The Bertz CT molecular complexity index is 505. The van der Waals surface area contributed by atoms with Gasteiger partial charge in [0.2, 0.25) is 0 Å². The zero-order valence-electron chi connectivity index (χ0n) is 10.8. The van der Waals surface area contributed by atoms with Gasteiger partial charge in [0.05, 0.1) is 12.5 Å². The highest BCUT2D eigenvalue weighted by Gasteiger charge is 2.05. The fourth-order valence-corrected chi connectivity index (χ4v) is 1.16. The highest BCUT2D eigenvalue weighted by atomic mass is 19.1. The number of halogens is 1. The molecule has 0 atom stereocenters. The molecule has 0 radical (unpaired) electrons. The predicted molar refractivity (Wildman–Crippen MR) is 70.5 cm³/mol. The summed E-state index contributed by atoms with van der Waals surface area (Å²) in [5, 5.41) is 0. The molecular weight excluding hydrogens is 235 g/mol. The van der Waals surface area contributed by atoms with Crippen molar-refractivity contribution in [1.29, 1.82) is 0 Å². The van der Waals surface area contributed by atoms with E-state index < -0.39 is 11.5 Å². The topological polar surface area (TPSA) is 50.5 Å². The van der Waals surface area contributed by atoms with Crippen molar-refractivity contribution >= 4 is 18.4 Å². The molecule has 0 fully saturated rings. The molecule has 18 heavy (non-hydrogen) atoms. The van der Waals surface area contributed by atoms with Gasteiger partial charge in [-0.1, -0.05) is 19.4 Å². The minimum Gasteiger partial charge on any atom is -0.369 e. The fourth-order valence-electron chi connectivity index (χ4n) is 1.16. The van der Waals surface area contributed by atoms with Crippen molar-refractivity contribution in [3.05, 3.63) is 28.6 Å². The lowest BCUT2D eigenvalue weighted by molar-refractivity contribution is 0.603. The van der Waals surface area contributed by atoms with Gasteiger partial charge in [0.25, 0.3) is 0 Å². The molecule has 0 saturated heterocycles. The second-order valence-electron chi connectivity index (χ2n) is 3.98. The summed E-state index contributed by atoms with van der Waals surface area (Å²) < 4.78 is 14.7. The first-order valence-electron chi connectivity index (χ1n) is 5.70. The van der Waals surface area contributed by atoms with Crippen molar-refractivity contribution in [3.63, 3.8) is 0 Å². The van der Waals surface area contributed by atoms with Crippen LogP contribution in [0.4, 0.5) is 10.2 Å². The van der Waals surface area contributed by atoms with Crippen LogP contribution >= 0.6 is 0 Å². The summed E-state index contributed by atoms with van der Waals surface area (Å²) >= 11 is 0. The largest absolute Gasteiger partial charge is 0.369 e. The molecule has 0 unspecified atom stereocenters. The molecule has 0 aliphatic heterocycles. The molecule has 1 heterocycles. The maximum atomic E-state index is 13.6. The summed E-state index contributed by atoms with van der Waals surface area (Å²) in [7, 11) is 3.49.